The third kappa shape index (κ3) is 2.14. The van der Waals surface area contributed by atoms with Crippen molar-refractivity contribution in [3.8, 4) is 5.75 Å². The van der Waals surface area contributed by atoms with E-state index < -0.39 is 17.4 Å². The molecule has 7 nitrogen and oxygen atoms in total. The second-order valence-corrected chi connectivity index (χ2v) is 8.89. The minimum Gasteiger partial charge on any atom is -0.497 e. The summed E-state index contributed by atoms with van der Waals surface area (Å²) in [5, 5.41) is 3.01. The molecule has 31 heavy (non-hydrogen) atoms. The monoisotopic (exact) mass is 417 g/mol. The van der Waals surface area contributed by atoms with Gasteiger partial charge in [0.25, 0.3) is 0 Å². The summed E-state index contributed by atoms with van der Waals surface area (Å²) in [4.78, 5) is 44.6. The van der Waals surface area contributed by atoms with Crippen LogP contribution in [0.2, 0.25) is 0 Å². The number of amides is 3. The predicted molar refractivity (Wildman–Crippen MR) is 114 cm³/mol. The highest BCUT2D eigenvalue weighted by Gasteiger charge is 2.74. The number of methoxy groups -OCH3 is 1. The standard InChI is InChI=1S/C24H23N3O4/c1-13-8-9-17-16(11-13)24(23(30)25-17)20-19(18-7-4-10-26(18)24)21(28)27(22(20)29)14-5-3-6-15(12-14)31-2/h3,5-6,8-9,11-12,18-20H,4,7,10H2,1-2H3,(H,25,30). The van der Waals surface area contributed by atoms with E-state index in [9.17, 15) is 14.4 Å². The van der Waals surface area contributed by atoms with Gasteiger partial charge in [0, 0.05) is 23.4 Å². The maximum atomic E-state index is 13.9. The number of hydrogen-bond donors (Lipinski definition) is 1. The van der Waals surface area contributed by atoms with Crippen LogP contribution in [-0.2, 0) is 19.9 Å². The van der Waals surface area contributed by atoms with Crippen LogP contribution in [0.5, 0.6) is 5.75 Å². The van der Waals surface area contributed by atoms with Crippen molar-refractivity contribution in [2.75, 3.05) is 23.9 Å². The van der Waals surface area contributed by atoms with Crippen molar-refractivity contribution >= 4 is 29.1 Å². The van der Waals surface area contributed by atoms with Crippen LogP contribution in [0.1, 0.15) is 24.0 Å². The molecule has 4 heterocycles. The molecular formula is C24H23N3O4. The number of nitrogens with one attached hydrogen (secondary N) is 1. The van der Waals surface area contributed by atoms with E-state index in [2.05, 4.69) is 10.2 Å². The zero-order valence-electron chi connectivity index (χ0n) is 17.4. The molecule has 0 saturated carbocycles. The molecule has 4 unspecified atom stereocenters. The van der Waals surface area contributed by atoms with Gasteiger partial charge in [0.2, 0.25) is 17.7 Å². The van der Waals surface area contributed by atoms with E-state index in [1.807, 2.05) is 25.1 Å². The maximum Gasteiger partial charge on any atom is 0.250 e. The Labute approximate surface area is 180 Å². The highest BCUT2D eigenvalue weighted by Crippen LogP contribution is 2.60. The third-order valence-corrected chi connectivity index (χ3v) is 7.46. The van der Waals surface area contributed by atoms with Gasteiger partial charge < -0.3 is 10.1 Å². The van der Waals surface area contributed by atoms with Gasteiger partial charge in [0.1, 0.15) is 11.3 Å². The minimum atomic E-state index is -1.13. The van der Waals surface area contributed by atoms with Gasteiger partial charge in [-0.2, -0.15) is 0 Å². The van der Waals surface area contributed by atoms with Crippen LogP contribution in [0, 0.1) is 18.8 Å². The number of ether oxygens (including phenoxy) is 1. The van der Waals surface area contributed by atoms with E-state index in [4.69, 9.17) is 4.74 Å². The number of benzene rings is 2. The number of aryl methyl sites for hydroxylation is 1. The molecule has 6 rings (SSSR count). The SMILES string of the molecule is COc1cccc(N2C(=O)C3C4CCCN4C4(C(=O)Nc5ccc(C)cc54)C3C2=O)c1. The summed E-state index contributed by atoms with van der Waals surface area (Å²) in [6, 6.07) is 12.7. The van der Waals surface area contributed by atoms with Crippen molar-refractivity contribution in [2.24, 2.45) is 11.8 Å². The summed E-state index contributed by atoms with van der Waals surface area (Å²) in [5.41, 5.74) is 1.95. The summed E-state index contributed by atoms with van der Waals surface area (Å²) in [5.74, 6) is -1.40. The van der Waals surface area contributed by atoms with Crippen LogP contribution in [0.3, 0.4) is 0 Å². The van der Waals surface area contributed by atoms with Gasteiger partial charge >= 0.3 is 0 Å². The molecule has 3 amide bonds. The fraction of sp³-hybridized carbons (Fsp3) is 0.375. The number of rotatable bonds is 2. The molecule has 7 heteroatoms. The molecule has 2 aromatic carbocycles. The Bertz CT molecular complexity index is 1160. The van der Waals surface area contributed by atoms with Crippen LogP contribution in [0.15, 0.2) is 42.5 Å². The van der Waals surface area contributed by atoms with E-state index in [1.165, 1.54) is 4.90 Å². The smallest absolute Gasteiger partial charge is 0.250 e. The quantitative estimate of drug-likeness (QED) is 0.760. The number of nitrogens with zero attached hydrogens (tertiary/aromatic N) is 2. The summed E-state index contributed by atoms with van der Waals surface area (Å²) >= 11 is 0. The van der Waals surface area contributed by atoms with Gasteiger partial charge in [-0.3, -0.25) is 19.3 Å². The third-order valence-electron chi connectivity index (χ3n) is 7.46. The lowest BCUT2D eigenvalue weighted by molar-refractivity contribution is -0.135. The first kappa shape index (κ1) is 18.6. The molecule has 158 valence electrons. The Hall–Kier alpha value is -3.19. The second-order valence-electron chi connectivity index (χ2n) is 8.89. The Kier molecular flexibility index (Phi) is 3.69. The molecule has 4 aliphatic rings. The van der Waals surface area contributed by atoms with Crippen LogP contribution < -0.4 is 15.0 Å². The number of fused-ring (bicyclic) bond motifs is 7. The maximum absolute atomic E-state index is 13.9. The molecule has 3 fully saturated rings. The Morgan fingerprint density at radius 3 is 2.74 bits per heavy atom. The number of anilines is 2. The Morgan fingerprint density at radius 1 is 1.10 bits per heavy atom. The average Bonchev–Trinajstić information content (AvgIpc) is 3.46. The first-order chi connectivity index (χ1) is 15.0. The van der Waals surface area contributed by atoms with Crippen LogP contribution >= 0.6 is 0 Å². The van der Waals surface area contributed by atoms with Crippen LogP contribution in [0.4, 0.5) is 11.4 Å². The molecule has 4 atom stereocenters. The summed E-state index contributed by atoms with van der Waals surface area (Å²) in [6.45, 7) is 2.69. The minimum absolute atomic E-state index is 0.116. The fourth-order valence-corrected chi connectivity index (χ4v) is 6.32. The van der Waals surface area contributed by atoms with E-state index in [0.717, 1.165) is 29.7 Å². The normalized spacial score (nSPS) is 31.2. The molecule has 4 aliphatic heterocycles. The molecule has 1 spiro atoms. The lowest BCUT2D eigenvalue weighted by Crippen LogP contribution is -2.54. The lowest BCUT2D eigenvalue weighted by atomic mass is 9.75. The predicted octanol–water partition coefficient (Wildman–Crippen LogP) is 2.43. The molecule has 1 N–H and O–H groups in total. The largest absolute Gasteiger partial charge is 0.497 e. The fourth-order valence-electron chi connectivity index (χ4n) is 6.32. The van der Waals surface area contributed by atoms with E-state index in [-0.39, 0.29) is 23.8 Å². The first-order valence-electron chi connectivity index (χ1n) is 10.7. The summed E-state index contributed by atoms with van der Waals surface area (Å²) in [7, 11) is 1.55. The molecule has 0 bridgehead atoms. The average molecular weight is 417 g/mol. The van der Waals surface area contributed by atoms with Crippen molar-refractivity contribution in [1.29, 1.82) is 0 Å². The molecular weight excluding hydrogens is 394 g/mol. The van der Waals surface area contributed by atoms with Gasteiger partial charge in [-0.15, -0.1) is 0 Å². The van der Waals surface area contributed by atoms with Crippen molar-refractivity contribution in [3.05, 3.63) is 53.6 Å². The zero-order chi connectivity index (χ0) is 21.5. The number of carbonyl (C=O) groups excluding carboxylic acids is 3. The van der Waals surface area contributed by atoms with Gasteiger partial charge in [-0.25, -0.2) is 4.90 Å². The van der Waals surface area contributed by atoms with Gasteiger partial charge in [0.15, 0.2) is 0 Å². The lowest BCUT2D eigenvalue weighted by Gasteiger charge is -2.36. The van der Waals surface area contributed by atoms with Crippen molar-refractivity contribution in [3.63, 3.8) is 0 Å². The molecule has 0 radical (unpaired) electrons. The number of imide groups is 1. The van der Waals surface area contributed by atoms with E-state index in [1.54, 1.807) is 31.4 Å². The Morgan fingerprint density at radius 2 is 1.94 bits per heavy atom. The topological polar surface area (TPSA) is 79.0 Å². The summed E-state index contributed by atoms with van der Waals surface area (Å²) in [6.07, 6.45) is 1.72. The van der Waals surface area contributed by atoms with Crippen LogP contribution in [-0.4, -0.2) is 42.3 Å². The highest BCUT2D eigenvalue weighted by atomic mass is 16.5. The van der Waals surface area contributed by atoms with Crippen LogP contribution in [0.25, 0.3) is 0 Å². The number of hydrogen-bond acceptors (Lipinski definition) is 5. The van der Waals surface area contributed by atoms with Crippen molar-refractivity contribution < 1.29 is 19.1 Å². The van der Waals surface area contributed by atoms with Gasteiger partial charge in [-0.05, 0) is 44.5 Å². The Balaban J connectivity index is 1.55. The number of carbonyl (C=O) groups is 3. The molecule has 2 aromatic rings. The summed E-state index contributed by atoms with van der Waals surface area (Å²) < 4.78 is 5.30. The second kappa shape index (κ2) is 6.17. The van der Waals surface area contributed by atoms with Crippen molar-refractivity contribution in [2.45, 2.75) is 31.3 Å². The molecule has 3 saturated heterocycles. The zero-order valence-corrected chi connectivity index (χ0v) is 17.4. The van der Waals surface area contributed by atoms with E-state index in [0.29, 0.717) is 18.0 Å². The first-order valence-corrected chi connectivity index (χ1v) is 10.7. The molecule has 0 aromatic heterocycles. The van der Waals surface area contributed by atoms with Gasteiger partial charge in [0.05, 0.1) is 24.6 Å². The van der Waals surface area contributed by atoms with Crippen molar-refractivity contribution in [1.82, 2.24) is 4.90 Å². The van der Waals surface area contributed by atoms with Gasteiger partial charge in [-0.1, -0.05) is 23.8 Å². The molecule has 0 aliphatic carbocycles. The highest BCUT2D eigenvalue weighted by molar-refractivity contribution is 6.25. The van der Waals surface area contributed by atoms with E-state index >= 15 is 0 Å².